The van der Waals surface area contributed by atoms with Crippen LogP contribution in [0, 0.1) is 0 Å². The summed E-state index contributed by atoms with van der Waals surface area (Å²) in [6.07, 6.45) is 2.53. The standard InChI is InChI=1S/C15H22N2O3/c1-4-7-11-8-6-9-12(13(11)14(18)20-3)17-15(19)16-10-5-2/h6,8-9H,4-5,7,10H2,1-3H3,(H2,16,17,19). The highest BCUT2D eigenvalue weighted by Crippen LogP contribution is 2.22. The molecule has 0 radical (unpaired) electrons. The van der Waals surface area contributed by atoms with E-state index < -0.39 is 5.97 Å². The first-order chi connectivity index (χ1) is 9.63. The van der Waals surface area contributed by atoms with E-state index >= 15 is 0 Å². The Bertz CT molecular complexity index is 472. The Morgan fingerprint density at radius 2 is 1.95 bits per heavy atom. The highest BCUT2D eigenvalue weighted by atomic mass is 16.5. The maximum Gasteiger partial charge on any atom is 0.340 e. The molecule has 0 saturated carbocycles. The number of rotatable bonds is 6. The van der Waals surface area contributed by atoms with Gasteiger partial charge in [-0.3, -0.25) is 0 Å². The lowest BCUT2D eigenvalue weighted by Gasteiger charge is -2.14. The van der Waals surface area contributed by atoms with Crippen LogP contribution in [0.25, 0.3) is 0 Å². The van der Waals surface area contributed by atoms with Crippen molar-refractivity contribution in [2.45, 2.75) is 33.1 Å². The molecule has 0 aromatic heterocycles. The molecule has 0 aliphatic rings. The van der Waals surface area contributed by atoms with Crippen LogP contribution in [0.2, 0.25) is 0 Å². The summed E-state index contributed by atoms with van der Waals surface area (Å²) >= 11 is 0. The molecule has 2 N–H and O–H groups in total. The van der Waals surface area contributed by atoms with Crippen molar-refractivity contribution < 1.29 is 14.3 Å². The van der Waals surface area contributed by atoms with Crippen LogP contribution < -0.4 is 10.6 Å². The molecule has 2 amide bonds. The zero-order chi connectivity index (χ0) is 15.0. The van der Waals surface area contributed by atoms with Gasteiger partial charge in [0.1, 0.15) is 0 Å². The molecule has 0 heterocycles. The molecule has 0 aliphatic carbocycles. The van der Waals surface area contributed by atoms with Gasteiger partial charge in [-0.25, -0.2) is 9.59 Å². The van der Waals surface area contributed by atoms with Gasteiger partial charge in [-0.05, 0) is 24.5 Å². The predicted octanol–water partition coefficient (Wildman–Crippen LogP) is 2.96. The van der Waals surface area contributed by atoms with Crippen LogP contribution in [-0.2, 0) is 11.2 Å². The van der Waals surface area contributed by atoms with E-state index in [1.165, 1.54) is 7.11 Å². The number of carbonyl (C=O) groups is 2. The number of hydrogen-bond donors (Lipinski definition) is 2. The Balaban J connectivity index is 3.02. The highest BCUT2D eigenvalue weighted by Gasteiger charge is 2.17. The van der Waals surface area contributed by atoms with Gasteiger partial charge in [0.15, 0.2) is 0 Å². The molecule has 0 fully saturated rings. The summed E-state index contributed by atoms with van der Waals surface area (Å²) in [7, 11) is 1.34. The lowest BCUT2D eigenvalue weighted by atomic mass is 10.0. The molecule has 110 valence electrons. The fraction of sp³-hybridized carbons (Fsp3) is 0.467. The van der Waals surface area contributed by atoms with Crippen LogP contribution in [-0.4, -0.2) is 25.7 Å². The summed E-state index contributed by atoms with van der Waals surface area (Å²) in [5, 5.41) is 5.42. The second-order valence-corrected chi connectivity index (χ2v) is 4.46. The van der Waals surface area contributed by atoms with E-state index in [1.54, 1.807) is 6.07 Å². The number of methoxy groups -OCH3 is 1. The predicted molar refractivity (Wildman–Crippen MR) is 79.1 cm³/mol. The minimum atomic E-state index is -0.431. The molecule has 0 unspecified atom stereocenters. The highest BCUT2D eigenvalue weighted by molar-refractivity contribution is 6.02. The van der Waals surface area contributed by atoms with E-state index in [0.717, 1.165) is 24.8 Å². The van der Waals surface area contributed by atoms with Crippen LogP contribution in [0.3, 0.4) is 0 Å². The van der Waals surface area contributed by atoms with Gasteiger partial charge in [-0.15, -0.1) is 0 Å². The minimum Gasteiger partial charge on any atom is -0.465 e. The van der Waals surface area contributed by atoms with Gasteiger partial charge < -0.3 is 15.4 Å². The molecule has 1 aromatic rings. The monoisotopic (exact) mass is 278 g/mol. The van der Waals surface area contributed by atoms with Crippen LogP contribution in [0.1, 0.15) is 42.6 Å². The number of anilines is 1. The summed E-state index contributed by atoms with van der Waals surface area (Å²) in [5.41, 5.74) is 1.80. The number of aryl methyl sites for hydroxylation is 1. The number of benzene rings is 1. The number of carbonyl (C=O) groups excluding carboxylic acids is 2. The van der Waals surface area contributed by atoms with Crippen LogP contribution in [0.5, 0.6) is 0 Å². The molecule has 5 nitrogen and oxygen atoms in total. The SMILES string of the molecule is CCCNC(=O)Nc1cccc(CCC)c1C(=O)OC. The zero-order valence-electron chi connectivity index (χ0n) is 12.3. The molecule has 1 rings (SSSR count). The van der Waals surface area contributed by atoms with Gasteiger partial charge in [0.25, 0.3) is 0 Å². The second-order valence-electron chi connectivity index (χ2n) is 4.46. The topological polar surface area (TPSA) is 67.4 Å². The molecule has 20 heavy (non-hydrogen) atoms. The third-order valence-electron chi connectivity index (χ3n) is 2.84. The maximum absolute atomic E-state index is 11.9. The minimum absolute atomic E-state index is 0.314. The summed E-state index contributed by atoms with van der Waals surface area (Å²) in [4.78, 5) is 23.7. The van der Waals surface area contributed by atoms with E-state index in [9.17, 15) is 9.59 Å². The fourth-order valence-electron chi connectivity index (χ4n) is 1.93. The Hall–Kier alpha value is -2.04. The third kappa shape index (κ3) is 4.26. The van der Waals surface area contributed by atoms with E-state index in [4.69, 9.17) is 4.74 Å². The average Bonchev–Trinajstić information content (AvgIpc) is 2.45. The molecule has 5 heteroatoms. The summed E-state index contributed by atoms with van der Waals surface area (Å²) in [6.45, 7) is 4.60. The lowest BCUT2D eigenvalue weighted by Crippen LogP contribution is -2.30. The van der Waals surface area contributed by atoms with Gasteiger partial charge in [0, 0.05) is 6.54 Å². The first-order valence-electron chi connectivity index (χ1n) is 6.89. The molecule has 0 aliphatic heterocycles. The smallest absolute Gasteiger partial charge is 0.340 e. The van der Waals surface area contributed by atoms with E-state index in [1.807, 2.05) is 26.0 Å². The van der Waals surface area contributed by atoms with E-state index in [2.05, 4.69) is 10.6 Å². The van der Waals surface area contributed by atoms with Crippen molar-refractivity contribution in [2.75, 3.05) is 19.0 Å². The Morgan fingerprint density at radius 1 is 1.20 bits per heavy atom. The number of urea groups is 1. The van der Waals surface area contributed by atoms with Crippen molar-refractivity contribution >= 4 is 17.7 Å². The molecule has 0 atom stereocenters. The molecule has 1 aromatic carbocycles. The van der Waals surface area contributed by atoms with Crippen molar-refractivity contribution in [2.24, 2.45) is 0 Å². The third-order valence-corrected chi connectivity index (χ3v) is 2.84. The summed E-state index contributed by atoms with van der Waals surface area (Å²) in [6, 6.07) is 5.10. The Labute approximate surface area is 119 Å². The zero-order valence-corrected chi connectivity index (χ0v) is 12.3. The Kier molecular flexibility index (Phi) is 6.56. The van der Waals surface area contributed by atoms with Crippen molar-refractivity contribution in [3.63, 3.8) is 0 Å². The first-order valence-corrected chi connectivity index (χ1v) is 6.89. The molecule has 0 saturated heterocycles. The number of ether oxygens (including phenoxy) is 1. The normalized spacial score (nSPS) is 9.95. The molecular weight excluding hydrogens is 256 g/mol. The number of nitrogens with one attached hydrogen (secondary N) is 2. The van der Waals surface area contributed by atoms with E-state index in [0.29, 0.717) is 17.8 Å². The van der Waals surface area contributed by atoms with Gasteiger partial charge >= 0.3 is 12.0 Å². The largest absolute Gasteiger partial charge is 0.465 e. The number of esters is 1. The maximum atomic E-state index is 11.9. The summed E-state index contributed by atoms with van der Waals surface area (Å²) in [5.74, 6) is -0.431. The van der Waals surface area contributed by atoms with Crippen molar-refractivity contribution in [3.05, 3.63) is 29.3 Å². The fourth-order valence-corrected chi connectivity index (χ4v) is 1.93. The quantitative estimate of drug-likeness (QED) is 0.786. The van der Waals surface area contributed by atoms with Crippen LogP contribution in [0.4, 0.5) is 10.5 Å². The second kappa shape index (κ2) is 8.19. The van der Waals surface area contributed by atoms with Crippen LogP contribution >= 0.6 is 0 Å². The average molecular weight is 278 g/mol. The number of amides is 2. The van der Waals surface area contributed by atoms with Gasteiger partial charge in [-0.2, -0.15) is 0 Å². The number of hydrogen-bond acceptors (Lipinski definition) is 3. The van der Waals surface area contributed by atoms with Gasteiger partial charge in [0.2, 0.25) is 0 Å². The first kappa shape index (κ1) is 16.0. The van der Waals surface area contributed by atoms with Crippen molar-refractivity contribution in [3.8, 4) is 0 Å². The molecule has 0 bridgehead atoms. The lowest BCUT2D eigenvalue weighted by molar-refractivity contribution is 0.0600. The van der Waals surface area contributed by atoms with Crippen molar-refractivity contribution in [1.82, 2.24) is 5.32 Å². The van der Waals surface area contributed by atoms with Gasteiger partial charge in [0.05, 0.1) is 18.4 Å². The van der Waals surface area contributed by atoms with Crippen LogP contribution in [0.15, 0.2) is 18.2 Å². The molecular formula is C15H22N2O3. The Morgan fingerprint density at radius 3 is 2.55 bits per heavy atom. The van der Waals surface area contributed by atoms with Crippen molar-refractivity contribution in [1.29, 1.82) is 0 Å². The molecule has 0 spiro atoms. The van der Waals surface area contributed by atoms with E-state index in [-0.39, 0.29) is 6.03 Å². The summed E-state index contributed by atoms with van der Waals surface area (Å²) < 4.78 is 4.82. The van der Waals surface area contributed by atoms with Gasteiger partial charge in [-0.1, -0.05) is 32.4 Å².